The van der Waals surface area contributed by atoms with Gasteiger partial charge in [-0.1, -0.05) is 53.2 Å². The number of aliphatic carboxylic acids is 1. The molecule has 2 aromatic carbocycles. The lowest BCUT2D eigenvalue weighted by molar-refractivity contribution is -0.149. The number of hydrogen-bond acceptors (Lipinski definition) is 2. The van der Waals surface area contributed by atoms with Crippen molar-refractivity contribution in [2.75, 3.05) is 6.61 Å². The van der Waals surface area contributed by atoms with E-state index >= 15 is 0 Å². The first-order valence-electron chi connectivity index (χ1n) is 9.23. The van der Waals surface area contributed by atoms with Crippen LogP contribution in [-0.4, -0.2) is 22.7 Å². The molecule has 4 rings (SSSR count). The largest absolute Gasteiger partial charge is 0.481 e. The van der Waals surface area contributed by atoms with Crippen LogP contribution < -0.4 is 0 Å². The number of rotatable bonds is 5. The molecule has 0 spiro atoms. The van der Waals surface area contributed by atoms with Gasteiger partial charge in [-0.2, -0.15) is 0 Å². The van der Waals surface area contributed by atoms with Crippen LogP contribution in [-0.2, 0) is 21.6 Å². The van der Waals surface area contributed by atoms with E-state index in [9.17, 15) is 9.90 Å². The highest BCUT2D eigenvalue weighted by molar-refractivity contribution is 9.10. The lowest BCUT2D eigenvalue weighted by atomic mass is 9.80. The number of aromatic nitrogens is 1. The molecule has 2 heterocycles. The summed E-state index contributed by atoms with van der Waals surface area (Å²) in [5, 5.41) is 10.7. The van der Waals surface area contributed by atoms with Gasteiger partial charge in [0.2, 0.25) is 0 Å². The van der Waals surface area contributed by atoms with Gasteiger partial charge in [-0.25, -0.2) is 0 Å². The van der Waals surface area contributed by atoms with Gasteiger partial charge in [0.15, 0.2) is 0 Å². The third-order valence-corrected chi connectivity index (χ3v) is 6.05. The molecule has 140 valence electrons. The molecule has 5 heteroatoms. The van der Waals surface area contributed by atoms with Crippen LogP contribution in [0.2, 0.25) is 0 Å². The normalized spacial score (nSPS) is 21.9. The molecule has 2 atom stereocenters. The topological polar surface area (TPSA) is 62.3 Å². The fourth-order valence-corrected chi connectivity index (χ4v) is 4.59. The van der Waals surface area contributed by atoms with E-state index in [0.29, 0.717) is 13.0 Å². The zero-order valence-corrected chi connectivity index (χ0v) is 16.8. The predicted octanol–water partition coefficient (Wildman–Crippen LogP) is 5.37. The van der Waals surface area contributed by atoms with Crippen LogP contribution in [0.15, 0.2) is 53.0 Å². The highest BCUT2D eigenvalue weighted by Gasteiger charge is 2.43. The Morgan fingerprint density at radius 3 is 2.78 bits per heavy atom. The van der Waals surface area contributed by atoms with Gasteiger partial charge in [-0.05, 0) is 42.2 Å². The van der Waals surface area contributed by atoms with Crippen LogP contribution in [0.4, 0.5) is 0 Å². The molecule has 0 fully saturated rings. The second-order valence-electron chi connectivity index (χ2n) is 7.22. The number of carboxylic acid groups (broad SMARTS) is 1. The maximum Gasteiger partial charge on any atom is 0.306 e. The van der Waals surface area contributed by atoms with Crippen molar-refractivity contribution in [1.29, 1.82) is 0 Å². The highest BCUT2D eigenvalue weighted by atomic mass is 79.9. The van der Waals surface area contributed by atoms with Crippen molar-refractivity contribution >= 4 is 32.8 Å². The quantitative estimate of drug-likeness (QED) is 0.575. The first-order valence-corrected chi connectivity index (χ1v) is 10.0. The molecule has 1 aliphatic heterocycles. The summed E-state index contributed by atoms with van der Waals surface area (Å²) < 4.78 is 7.29. The number of H-pyrrole nitrogens is 1. The van der Waals surface area contributed by atoms with Gasteiger partial charge in [0.25, 0.3) is 0 Å². The first kappa shape index (κ1) is 18.3. The minimum Gasteiger partial charge on any atom is -0.481 e. The van der Waals surface area contributed by atoms with Gasteiger partial charge in [-0.3, -0.25) is 4.79 Å². The summed E-state index contributed by atoms with van der Waals surface area (Å²) in [5.41, 5.74) is 3.59. The smallest absolute Gasteiger partial charge is 0.306 e. The van der Waals surface area contributed by atoms with Crippen molar-refractivity contribution in [3.05, 3.63) is 69.8 Å². The Bertz CT molecular complexity index is 982. The number of nitrogens with one attached hydrogen (secondary N) is 1. The molecule has 2 unspecified atom stereocenters. The van der Waals surface area contributed by atoms with Crippen molar-refractivity contribution in [3.8, 4) is 0 Å². The van der Waals surface area contributed by atoms with Gasteiger partial charge in [-0.15, -0.1) is 0 Å². The molecular formula is C22H22BrNO3. The fraction of sp³-hybridized carbons (Fsp3) is 0.318. The Balaban J connectivity index is 1.87. The summed E-state index contributed by atoms with van der Waals surface area (Å²) in [6.45, 7) is 2.51. The van der Waals surface area contributed by atoms with E-state index in [2.05, 4.69) is 39.1 Å². The number of aromatic amines is 1. The van der Waals surface area contributed by atoms with E-state index in [1.54, 1.807) is 0 Å². The lowest BCUT2D eigenvalue weighted by Gasteiger charge is -2.39. The molecule has 0 aliphatic carbocycles. The molecule has 0 bridgehead atoms. The number of benzene rings is 2. The molecule has 0 amide bonds. The summed E-state index contributed by atoms with van der Waals surface area (Å²) in [4.78, 5) is 15.1. The van der Waals surface area contributed by atoms with Gasteiger partial charge in [0.1, 0.15) is 5.60 Å². The van der Waals surface area contributed by atoms with Crippen molar-refractivity contribution in [3.63, 3.8) is 0 Å². The lowest BCUT2D eigenvalue weighted by Crippen LogP contribution is -2.39. The first-order chi connectivity index (χ1) is 13.0. The minimum absolute atomic E-state index is 0.0391. The summed E-state index contributed by atoms with van der Waals surface area (Å²) >= 11 is 3.58. The van der Waals surface area contributed by atoms with E-state index in [4.69, 9.17) is 4.74 Å². The van der Waals surface area contributed by atoms with Gasteiger partial charge in [0, 0.05) is 21.3 Å². The second-order valence-corrected chi connectivity index (χ2v) is 8.14. The van der Waals surface area contributed by atoms with Crippen molar-refractivity contribution in [2.45, 2.75) is 37.7 Å². The molecular weight excluding hydrogens is 406 g/mol. The Hall–Kier alpha value is -2.11. The Labute approximate surface area is 166 Å². The number of carboxylic acids is 1. The molecule has 1 aliphatic rings. The van der Waals surface area contributed by atoms with Gasteiger partial charge >= 0.3 is 5.97 Å². The number of fused-ring (bicyclic) bond motifs is 3. The summed E-state index contributed by atoms with van der Waals surface area (Å²) in [5.74, 6) is -0.664. The van der Waals surface area contributed by atoms with Crippen molar-refractivity contribution in [2.24, 2.45) is 0 Å². The van der Waals surface area contributed by atoms with E-state index in [1.165, 1.54) is 11.1 Å². The standard InChI is InChI=1S/C22H22BrNO3/c1-2-22(12-19(25)26)21-20(17-11-16(23)8-9-18(17)24-21)15(13-27-22)10-14-6-4-3-5-7-14/h3-9,11,15,24H,2,10,12-13H2,1H3,(H,25,26). The Morgan fingerprint density at radius 1 is 1.30 bits per heavy atom. The van der Waals surface area contributed by atoms with E-state index in [0.717, 1.165) is 27.5 Å². The summed E-state index contributed by atoms with van der Waals surface area (Å²) in [6.07, 6.45) is 1.43. The van der Waals surface area contributed by atoms with Crippen LogP contribution in [0.1, 0.15) is 42.5 Å². The summed E-state index contributed by atoms with van der Waals surface area (Å²) in [7, 11) is 0. The molecule has 1 aromatic heterocycles. The van der Waals surface area contributed by atoms with E-state index in [-0.39, 0.29) is 12.3 Å². The van der Waals surface area contributed by atoms with Crippen LogP contribution in [0.25, 0.3) is 10.9 Å². The van der Waals surface area contributed by atoms with Crippen LogP contribution >= 0.6 is 15.9 Å². The van der Waals surface area contributed by atoms with E-state index < -0.39 is 11.6 Å². The molecule has 4 nitrogen and oxygen atoms in total. The van der Waals surface area contributed by atoms with Crippen LogP contribution in [0, 0.1) is 0 Å². The van der Waals surface area contributed by atoms with Crippen molar-refractivity contribution in [1.82, 2.24) is 4.98 Å². The Morgan fingerprint density at radius 2 is 2.07 bits per heavy atom. The third kappa shape index (κ3) is 3.30. The molecule has 0 saturated heterocycles. The maximum atomic E-state index is 11.6. The number of hydrogen-bond donors (Lipinski definition) is 2. The number of halogens is 1. The van der Waals surface area contributed by atoms with E-state index in [1.807, 2.05) is 37.3 Å². The summed E-state index contributed by atoms with van der Waals surface area (Å²) in [6, 6.07) is 16.5. The van der Waals surface area contributed by atoms with Gasteiger partial charge in [0.05, 0.1) is 18.7 Å². The average molecular weight is 428 g/mol. The number of ether oxygens (including phenoxy) is 1. The monoisotopic (exact) mass is 427 g/mol. The SMILES string of the molecule is CCC1(CC(=O)O)OCC(Cc2ccccc2)c2c1[nH]c1ccc(Br)cc21. The second kappa shape index (κ2) is 7.13. The molecule has 27 heavy (non-hydrogen) atoms. The molecule has 3 aromatic rings. The zero-order valence-electron chi connectivity index (χ0n) is 15.2. The van der Waals surface area contributed by atoms with Gasteiger partial charge < -0.3 is 14.8 Å². The fourth-order valence-electron chi connectivity index (χ4n) is 4.23. The average Bonchev–Trinajstić information content (AvgIpc) is 3.04. The predicted molar refractivity (Wildman–Crippen MR) is 109 cm³/mol. The molecule has 2 N–H and O–H groups in total. The van der Waals surface area contributed by atoms with Crippen LogP contribution in [0.5, 0.6) is 0 Å². The maximum absolute atomic E-state index is 11.6. The Kier molecular flexibility index (Phi) is 4.82. The highest BCUT2D eigenvalue weighted by Crippen LogP contribution is 2.46. The van der Waals surface area contributed by atoms with Crippen molar-refractivity contribution < 1.29 is 14.6 Å². The molecule has 0 radical (unpaired) electrons. The number of carbonyl (C=O) groups is 1. The van der Waals surface area contributed by atoms with Crippen LogP contribution in [0.3, 0.4) is 0 Å². The zero-order chi connectivity index (χ0) is 19.0. The third-order valence-electron chi connectivity index (χ3n) is 5.56. The minimum atomic E-state index is -0.843. The molecule has 0 saturated carbocycles.